The van der Waals surface area contributed by atoms with Gasteiger partial charge in [-0.15, -0.1) is 0 Å². The first-order chi connectivity index (χ1) is 5.40. The number of rotatable bonds is 1. The van der Waals surface area contributed by atoms with Gasteiger partial charge in [0.15, 0.2) is 0 Å². The van der Waals surface area contributed by atoms with Crippen molar-refractivity contribution >= 4 is 49.6 Å². The van der Waals surface area contributed by atoms with Gasteiger partial charge in [0.1, 0.15) is 0 Å². The number of carbonyl (C=O) groups excluding carboxylic acids is 3. The van der Waals surface area contributed by atoms with Gasteiger partial charge >= 0.3 is 61.3 Å². The van der Waals surface area contributed by atoms with Crippen LogP contribution in [0, 0.1) is 0 Å². The fraction of sp³-hybridized carbons (Fsp3) is 0.500. The molecule has 4 N–H and O–H groups in total. The van der Waals surface area contributed by atoms with Crippen molar-refractivity contribution in [3.8, 4) is 0 Å². The quantitative estimate of drug-likeness (QED) is 0.273. The summed E-state index contributed by atoms with van der Waals surface area (Å²) in [5.74, 6) is -1.12. The van der Waals surface area contributed by atoms with Crippen LogP contribution in [0.4, 0.5) is 0 Å². The smallest absolute Gasteiger partial charge is 0.412 e. The van der Waals surface area contributed by atoms with Crippen LogP contribution in [-0.2, 0) is 19.1 Å². The molecule has 0 spiro atoms. The first-order valence-corrected chi connectivity index (χ1v) is 5.00. The van der Waals surface area contributed by atoms with E-state index in [-0.39, 0.29) is 11.0 Å². The van der Waals surface area contributed by atoms with Crippen LogP contribution in [0.15, 0.2) is 0 Å². The Hall–Kier alpha value is -0.205. The predicted molar refractivity (Wildman–Crippen MR) is 53.3 cm³/mol. The summed E-state index contributed by atoms with van der Waals surface area (Å²) in [5, 5.41) is 0. The van der Waals surface area contributed by atoms with Crippen molar-refractivity contribution in [1.29, 1.82) is 0 Å². The zero-order valence-corrected chi connectivity index (χ0v) is 10.8. The summed E-state index contributed by atoms with van der Waals surface area (Å²) < 4.78 is 4.78. The predicted octanol–water partition coefficient (Wildman–Crippen LogP) is -2.50. The molecule has 6 nitrogen and oxygen atoms in total. The molecule has 0 heterocycles. The second-order valence-corrected chi connectivity index (χ2v) is 2.85. The molecular formula is C6H14BNaO6. The van der Waals surface area contributed by atoms with E-state index >= 15 is 0 Å². The van der Waals surface area contributed by atoms with Crippen molar-refractivity contribution in [2.24, 2.45) is 0 Å². The van der Waals surface area contributed by atoms with Gasteiger partial charge in [0.2, 0.25) is 0 Å². The molecule has 0 saturated carbocycles. The number of hydrogen-bond donors (Lipinski definition) is 0. The van der Waals surface area contributed by atoms with E-state index in [0.717, 1.165) is 32.0 Å². The first kappa shape index (κ1) is 23.5. The van der Waals surface area contributed by atoms with E-state index in [9.17, 15) is 14.4 Å². The molecule has 78 valence electrons. The SMILES string of the molecule is CC(=O)OC(C)=O.CC(=O)[BH][Na].O.O. The summed E-state index contributed by atoms with van der Waals surface area (Å²) in [6.07, 6.45) is 0. The molecule has 0 aromatic carbocycles. The second-order valence-electron chi connectivity index (χ2n) is 2.14. The van der Waals surface area contributed by atoms with E-state index in [2.05, 4.69) is 4.74 Å². The second kappa shape index (κ2) is 15.3. The third-order valence-corrected chi connectivity index (χ3v) is 1.78. The standard InChI is InChI=1S/C4H6O3.C2H4BO.Na.2H2O/c1-3(5)7-4(2)6;1-2(3)4;;;/h1-2H3;3H,1H3;;2*1H2/q;+1;-1;;. The molecule has 0 aromatic rings. The van der Waals surface area contributed by atoms with Gasteiger partial charge in [-0.3, -0.25) is 9.59 Å². The maximum atomic E-state index is 9.85. The van der Waals surface area contributed by atoms with E-state index in [1.807, 2.05) is 0 Å². The monoisotopic (exact) mass is 216 g/mol. The number of ether oxygens (including phenoxy) is 1. The Kier molecular flexibility index (Phi) is 25.7. The van der Waals surface area contributed by atoms with Crippen LogP contribution in [0.25, 0.3) is 0 Å². The Morgan fingerprint density at radius 1 is 1.00 bits per heavy atom. The average Bonchev–Trinajstić information content (AvgIpc) is 1.85. The van der Waals surface area contributed by atoms with Crippen molar-refractivity contribution in [1.82, 2.24) is 0 Å². The van der Waals surface area contributed by atoms with Crippen LogP contribution >= 0.6 is 0 Å². The number of carbonyl (C=O) groups is 3. The maximum Gasteiger partial charge on any atom is -0.412 e. The van der Waals surface area contributed by atoms with Crippen molar-refractivity contribution in [3.63, 3.8) is 0 Å². The van der Waals surface area contributed by atoms with Crippen LogP contribution in [0.5, 0.6) is 0 Å². The first-order valence-electron chi connectivity index (χ1n) is 3.58. The topological polar surface area (TPSA) is 123 Å². The third kappa shape index (κ3) is 40.9. The normalized spacial score (nSPS) is 6.36. The third-order valence-electron chi connectivity index (χ3n) is 0.785. The molecular weight excluding hydrogens is 202 g/mol. The molecule has 14 heavy (non-hydrogen) atoms. The van der Waals surface area contributed by atoms with Gasteiger partial charge in [0.25, 0.3) is 0 Å². The van der Waals surface area contributed by atoms with E-state index in [4.69, 9.17) is 0 Å². The van der Waals surface area contributed by atoms with E-state index in [0.29, 0.717) is 5.68 Å². The molecule has 0 aromatic heterocycles. The van der Waals surface area contributed by atoms with Gasteiger partial charge in [-0.25, -0.2) is 0 Å². The van der Waals surface area contributed by atoms with Gasteiger partial charge in [-0.1, -0.05) is 0 Å². The van der Waals surface area contributed by atoms with Gasteiger partial charge in [-0.2, -0.15) is 0 Å². The summed E-state index contributed by atoms with van der Waals surface area (Å²) in [7, 11) is 0. The minimum atomic E-state index is -0.562. The summed E-state index contributed by atoms with van der Waals surface area (Å²) in [4.78, 5) is 29.5. The molecule has 0 saturated heterocycles. The molecule has 0 aliphatic carbocycles. The summed E-state index contributed by atoms with van der Waals surface area (Å²) in [5.41, 5.74) is 0.316. The average molecular weight is 216 g/mol. The Morgan fingerprint density at radius 3 is 1.21 bits per heavy atom. The number of esters is 2. The Bertz CT molecular complexity index is 171. The van der Waals surface area contributed by atoms with Crippen molar-refractivity contribution in [3.05, 3.63) is 0 Å². The Labute approximate surface area is 100 Å². The maximum absolute atomic E-state index is 9.85. The fourth-order valence-corrected chi connectivity index (χ4v) is 0.202. The Morgan fingerprint density at radius 2 is 1.21 bits per heavy atom. The largest absolute Gasteiger partial charge is 0.412 e. The molecule has 0 amide bonds. The fourth-order valence-electron chi connectivity index (χ4n) is 0.202. The Balaban J connectivity index is -0.0000000651. The van der Waals surface area contributed by atoms with Crippen molar-refractivity contribution in [2.45, 2.75) is 20.8 Å². The van der Waals surface area contributed by atoms with Crippen molar-refractivity contribution in [2.75, 3.05) is 0 Å². The van der Waals surface area contributed by atoms with Crippen LogP contribution in [0.1, 0.15) is 20.8 Å². The van der Waals surface area contributed by atoms with E-state index in [1.165, 1.54) is 13.8 Å². The number of hydrogen-bond acceptors (Lipinski definition) is 4. The summed E-state index contributed by atoms with van der Waals surface area (Å²) in [6.45, 7) is 3.98. The molecule has 0 atom stereocenters. The van der Waals surface area contributed by atoms with Crippen LogP contribution < -0.4 is 0 Å². The van der Waals surface area contributed by atoms with Gasteiger partial charge in [0.05, 0.1) is 0 Å². The summed E-state index contributed by atoms with van der Waals surface area (Å²) >= 11 is 1.02. The van der Waals surface area contributed by atoms with E-state index in [1.54, 1.807) is 6.92 Å². The minimum Gasteiger partial charge on any atom is -0.412 e. The molecule has 0 radical (unpaired) electrons. The molecule has 0 unspecified atom stereocenters. The zero-order valence-electron chi connectivity index (χ0n) is 8.84. The summed E-state index contributed by atoms with van der Waals surface area (Å²) in [6, 6.07) is 0. The minimum absolute atomic E-state index is 0. The molecule has 0 aliphatic heterocycles. The molecule has 8 heteroatoms. The molecule has 0 aliphatic rings. The molecule has 0 rings (SSSR count). The van der Waals surface area contributed by atoms with E-state index < -0.39 is 11.9 Å². The van der Waals surface area contributed by atoms with Crippen molar-refractivity contribution < 1.29 is 30.1 Å². The van der Waals surface area contributed by atoms with Gasteiger partial charge in [0, 0.05) is 13.8 Å². The van der Waals surface area contributed by atoms with Gasteiger partial charge < -0.3 is 15.7 Å². The van der Waals surface area contributed by atoms with Crippen LogP contribution in [0.3, 0.4) is 0 Å². The zero-order chi connectivity index (χ0) is 10.1. The molecule has 0 bridgehead atoms. The molecule has 0 fully saturated rings. The van der Waals surface area contributed by atoms with Crippen LogP contribution in [0.2, 0.25) is 0 Å². The van der Waals surface area contributed by atoms with Gasteiger partial charge in [-0.05, 0) is 0 Å². The van der Waals surface area contributed by atoms with Crippen LogP contribution in [-0.4, -0.2) is 60.6 Å².